The maximum absolute atomic E-state index is 3.80. The van der Waals surface area contributed by atoms with E-state index in [1.807, 2.05) is 0 Å². The second-order valence-corrected chi connectivity index (χ2v) is 6.37. The van der Waals surface area contributed by atoms with Crippen LogP contribution in [-0.4, -0.2) is 6.04 Å². The number of hydrogen-bond donors (Lipinski definition) is 2. The van der Waals surface area contributed by atoms with Crippen LogP contribution in [0.15, 0.2) is 18.2 Å². The third-order valence-corrected chi connectivity index (χ3v) is 5.21. The quantitative estimate of drug-likeness (QED) is 0.851. The van der Waals surface area contributed by atoms with Crippen LogP contribution in [0.1, 0.15) is 42.4 Å². The highest BCUT2D eigenvalue weighted by atomic mass is 14.9. The second kappa shape index (κ2) is 4.36. The zero-order chi connectivity index (χ0) is 11.9. The number of fused-ring (bicyclic) bond motifs is 3. The molecule has 2 bridgehead atoms. The molecule has 1 aromatic rings. The van der Waals surface area contributed by atoms with E-state index in [1.54, 1.807) is 0 Å². The average molecular weight is 242 g/mol. The van der Waals surface area contributed by atoms with Crippen molar-refractivity contribution in [2.45, 2.75) is 51.4 Å². The van der Waals surface area contributed by atoms with Crippen LogP contribution >= 0.6 is 0 Å². The SMILES string of the molecule is c1cc2c(cc1CNC1CC3CCC1C3)CNC2. The molecule has 3 atom stereocenters. The van der Waals surface area contributed by atoms with Crippen molar-refractivity contribution in [2.24, 2.45) is 11.8 Å². The van der Waals surface area contributed by atoms with Crippen LogP contribution in [0.3, 0.4) is 0 Å². The van der Waals surface area contributed by atoms with Crippen LogP contribution < -0.4 is 10.6 Å². The fourth-order valence-electron chi connectivity index (χ4n) is 4.20. The summed E-state index contributed by atoms with van der Waals surface area (Å²) in [7, 11) is 0. The van der Waals surface area contributed by atoms with Crippen LogP contribution in [0, 0.1) is 11.8 Å². The minimum atomic E-state index is 0.801. The smallest absolute Gasteiger partial charge is 0.0212 e. The lowest BCUT2D eigenvalue weighted by molar-refractivity contribution is 0.350. The Morgan fingerprint density at radius 2 is 2.06 bits per heavy atom. The number of rotatable bonds is 3. The first kappa shape index (κ1) is 11.0. The molecule has 2 fully saturated rings. The summed E-state index contributed by atoms with van der Waals surface area (Å²) < 4.78 is 0. The van der Waals surface area contributed by atoms with Crippen LogP contribution in [0.4, 0.5) is 0 Å². The summed E-state index contributed by atoms with van der Waals surface area (Å²) in [5.41, 5.74) is 4.45. The molecule has 3 aliphatic rings. The van der Waals surface area contributed by atoms with Crippen molar-refractivity contribution in [3.8, 4) is 0 Å². The molecule has 0 aromatic heterocycles. The third kappa shape index (κ3) is 1.88. The van der Waals surface area contributed by atoms with Gasteiger partial charge in [-0.05, 0) is 47.8 Å². The summed E-state index contributed by atoms with van der Waals surface area (Å²) in [6.07, 6.45) is 5.88. The second-order valence-electron chi connectivity index (χ2n) is 6.37. The first-order chi connectivity index (χ1) is 8.88. The molecule has 0 radical (unpaired) electrons. The molecule has 1 heterocycles. The topological polar surface area (TPSA) is 24.1 Å². The maximum atomic E-state index is 3.80. The van der Waals surface area contributed by atoms with Gasteiger partial charge in [0, 0.05) is 25.7 Å². The van der Waals surface area contributed by atoms with E-state index in [-0.39, 0.29) is 0 Å². The predicted octanol–water partition coefficient (Wildman–Crippen LogP) is 2.57. The van der Waals surface area contributed by atoms with Gasteiger partial charge in [-0.25, -0.2) is 0 Å². The van der Waals surface area contributed by atoms with E-state index in [0.717, 1.165) is 37.5 Å². The summed E-state index contributed by atoms with van der Waals surface area (Å²) >= 11 is 0. The van der Waals surface area contributed by atoms with Crippen molar-refractivity contribution >= 4 is 0 Å². The van der Waals surface area contributed by atoms with Crippen molar-refractivity contribution in [1.82, 2.24) is 10.6 Å². The Bertz CT molecular complexity index is 454. The Morgan fingerprint density at radius 3 is 2.89 bits per heavy atom. The lowest BCUT2D eigenvalue weighted by atomic mass is 9.95. The molecule has 2 nitrogen and oxygen atoms in total. The van der Waals surface area contributed by atoms with Crippen LogP contribution in [-0.2, 0) is 19.6 Å². The molecular formula is C16H22N2. The molecule has 2 aliphatic carbocycles. The molecule has 96 valence electrons. The Kier molecular flexibility index (Phi) is 2.66. The largest absolute Gasteiger partial charge is 0.310 e. The summed E-state index contributed by atoms with van der Waals surface area (Å²) in [6.45, 7) is 3.16. The Morgan fingerprint density at radius 1 is 1.11 bits per heavy atom. The van der Waals surface area contributed by atoms with E-state index in [1.165, 1.54) is 42.4 Å². The normalized spacial score (nSPS) is 33.0. The van der Waals surface area contributed by atoms with Gasteiger partial charge in [0.05, 0.1) is 0 Å². The lowest BCUT2D eigenvalue weighted by Gasteiger charge is -2.23. The molecule has 1 aromatic carbocycles. The van der Waals surface area contributed by atoms with Crippen molar-refractivity contribution in [3.63, 3.8) is 0 Å². The van der Waals surface area contributed by atoms with Crippen LogP contribution in [0.25, 0.3) is 0 Å². The molecule has 2 heteroatoms. The molecule has 4 rings (SSSR count). The molecule has 3 unspecified atom stereocenters. The van der Waals surface area contributed by atoms with Crippen molar-refractivity contribution in [1.29, 1.82) is 0 Å². The number of benzene rings is 1. The first-order valence-corrected chi connectivity index (χ1v) is 7.43. The fourth-order valence-corrected chi connectivity index (χ4v) is 4.20. The highest BCUT2D eigenvalue weighted by molar-refractivity contribution is 5.34. The van der Waals surface area contributed by atoms with E-state index >= 15 is 0 Å². The van der Waals surface area contributed by atoms with Crippen LogP contribution in [0.5, 0.6) is 0 Å². The minimum Gasteiger partial charge on any atom is -0.310 e. The summed E-state index contributed by atoms with van der Waals surface area (Å²) in [6, 6.07) is 7.78. The van der Waals surface area contributed by atoms with E-state index in [0.29, 0.717) is 0 Å². The molecule has 1 aliphatic heterocycles. The zero-order valence-electron chi connectivity index (χ0n) is 10.9. The van der Waals surface area contributed by atoms with Gasteiger partial charge in [-0.1, -0.05) is 24.6 Å². The van der Waals surface area contributed by atoms with Gasteiger partial charge in [0.25, 0.3) is 0 Å². The standard InChI is InChI=1S/C16H22N2/c1-3-13-5-11(1)7-16(13)18-8-12-2-4-14-9-17-10-15(14)6-12/h2,4,6,11,13,16-18H,1,3,5,7-10H2. The Labute approximate surface area is 109 Å². The monoisotopic (exact) mass is 242 g/mol. The molecule has 0 spiro atoms. The van der Waals surface area contributed by atoms with E-state index in [2.05, 4.69) is 28.8 Å². The lowest BCUT2D eigenvalue weighted by Crippen LogP contribution is -2.33. The van der Waals surface area contributed by atoms with E-state index in [9.17, 15) is 0 Å². The van der Waals surface area contributed by atoms with Gasteiger partial charge in [-0.15, -0.1) is 0 Å². The van der Waals surface area contributed by atoms with Gasteiger partial charge >= 0.3 is 0 Å². The first-order valence-electron chi connectivity index (χ1n) is 7.43. The molecule has 0 saturated heterocycles. The van der Waals surface area contributed by atoms with Gasteiger partial charge in [-0.3, -0.25) is 0 Å². The van der Waals surface area contributed by atoms with E-state index < -0.39 is 0 Å². The maximum Gasteiger partial charge on any atom is 0.0212 e. The molecule has 2 saturated carbocycles. The Hall–Kier alpha value is -0.860. The highest BCUT2D eigenvalue weighted by Crippen LogP contribution is 2.44. The molecule has 18 heavy (non-hydrogen) atoms. The van der Waals surface area contributed by atoms with Gasteiger partial charge in [-0.2, -0.15) is 0 Å². The number of nitrogens with one attached hydrogen (secondary N) is 2. The van der Waals surface area contributed by atoms with E-state index in [4.69, 9.17) is 0 Å². The minimum absolute atomic E-state index is 0.801. The fraction of sp³-hybridized carbons (Fsp3) is 0.625. The molecule has 0 amide bonds. The third-order valence-electron chi connectivity index (χ3n) is 5.21. The summed E-state index contributed by atoms with van der Waals surface area (Å²) in [5, 5.41) is 7.21. The predicted molar refractivity (Wildman–Crippen MR) is 73.1 cm³/mol. The number of hydrogen-bond acceptors (Lipinski definition) is 2. The van der Waals surface area contributed by atoms with Gasteiger partial charge in [0.15, 0.2) is 0 Å². The average Bonchev–Trinajstić information content (AvgIpc) is 3.11. The molecular weight excluding hydrogens is 220 g/mol. The molecule has 2 N–H and O–H groups in total. The van der Waals surface area contributed by atoms with Crippen molar-refractivity contribution in [2.75, 3.05) is 0 Å². The van der Waals surface area contributed by atoms with Gasteiger partial charge < -0.3 is 10.6 Å². The van der Waals surface area contributed by atoms with Gasteiger partial charge in [0.2, 0.25) is 0 Å². The zero-order valence-corrected chi connectivity index (χ0v) is 10.9. The summed E-state index contributed by atoms with van der Waals surface area (Å²) in [4.78, 5) is 0. The Balaban J connectivity index is 1.40. The summed E-state index contributed by atoms with van der Waals surface area (Å²) in [5.74, 6) is 2.02. The van der Waals surface area contributed by atoms with Crippen molar-refractivity contribution in [3.05, 3.63) is 34.9 Å². The van der Waals surface area contributed by atoms with Crippen molar-refractivity contribution < 1.29 is 0 Å². The highest BCUT2D eigenvalue weighted by Gasteiger charge is 2.38. The van der Waals surface area contributed by atoms with Crippen LogP contribution in [0.2, 0.25) is 0 Å². The van der Waals surface area contributed by atoms with Gasteiger partial charge in [0.1, 0.15) is 0 Å².